The van der Waals surface area contributed by atoms with Crippen LogP contribution in [-0.4, -0.2) is 97.5 Å². The number of hydrogen-bond acceptors (Lipinski definition) is 8. The summed E-state index contributed by atoms with van der Waals surface area (Å²) in [6.45, 7) is 9.74. The number of rotatable bonds is 14. The van der Waals surface area contributed by atoms with Crippen molar-refractivity contribution in [1.82, 2.24) is 25.4 Å². The Morgan fingerprint density at radius 3 is 2.60 bits per heavy atom. The Morgan fingerprint density at radius 2 is 1.96 bits per heavy atom. The van der Waals surface area contributed by atoms with Gasteiger partial charge in [-0.3, -0.25) is 14.6 Å². The molecule has 0 atom stereocenters. The second kappa shape index (κ2) is 17.6. The molecule has 0 unspecified atom stereocenters. The number of ether oxygens (including phenoxy) is 1. The predicted octanol–water partition coefficient (Wildman–Crippen LogP) is 4.96. The Kier molecular flexibility index (Phi) is 13.4. The van der Waals surface area contributed by atoms with Crippen molar-refractivity contribution < 1.29 is 18.9 Å². The largest absolute Gasteiger partial charge is 0.494 e. The molecule has 1 fully saturated rings. The lowest BCUT2D eigenvalue weighted by Crippen LogP contribution is -2.50. The number of unbranched alkanes of at least 4 members (excludes halogenated alkanes) is 1. The second-order valence-electron chi connectivity index (χ2n) is 12.8. The number of amides is 2. The molecule has 1 aliphatic heterocycles. The van der Waals surface area contributed by atoms with E-state index >= 15 is 0 Å². The summed E-state index contributed by atoms with van der Waals surface area (Å²) in [5.41, 5.74) is 4.78. The molecular weight excluding hydrogens is 626 g/mol. The van der Waals surface area contributed by atoms with Gasteiger partial charge < -0.3 is 25.6 Å². The number of carbonyl (C=O) groups is 2. The minimum atomic E-state index is -1.42. The fraction of sp³-hybridized carbons (Fsp3) is 0.405. The average Bonchev–Trinajstić information content (AvgIpc) is 3.95. The number of aryl methyl sites for hydroxylation is 1. The van der Waals surface area contributed by atoms with Crippen LogP contribution in [0.4, 0.5) is 17.2 Å². The smallest absolute Gasteiger partial charge is 0.273 e. The third kappa shape index (κ3) is 10.8. The molecule has 2 amide bonds. The van der Waals surface area contributed by atoms with E-state index < -0.39 is 11.2 Å². The fourth-order valence-corrected chi connectivity index (χ4v) is 5.20. The van der Waals surface area contributed by atoms with E-state index in [1.54, 1.807) is 19.4 Å². The molecule has 3 N–H and O–H groups in total. The van der Waals surface area contributed by atoms with Crippen LogP contribution >= 0.6 is 0 Å². The van der Waals surface area contributed by atoms with Crippen molar-refractivity contribution in [3.63, 3.8) is 0 Å². The molecule has 1 saturated carbocycles. The highest BCUT2D eigenvalue weighted by Gasteiger charge is 2.30. The van der Waals surface area contributed by atoms with Gasteiger partial charge >= 0.3 is 0 Å². The fourth-order valence-electron chi connectivity index (χ4n) is 5.20. The molecule has 13 heteroatoms. The zero-order valence-corrected chi connectivity index (χ0v) is 29.8. The number of nitrogens with zero attached hydrogens (tertiary/aromatic N) is 5. The molecule has 0 bridgehead atoms. The molecule has 50 heavy (non-hydrogen) atoms. The monoisotopic (exact) mass is 673 g/mol. The van der Waals surface area contributed by atoms with Crippen LogP contribution in [0.1, 0.15) is 61.6 Å². The molecule has 0 saturated heterocycles. The number of benzene rings is 1. The molecule has 3 heterocycles. The van der Waals surface area contributed by atoms with Gasteiger partial charge in [-0.15, -0.1) is 10.2 Å². The molecule has 3 aromatic rings. The Bertz CT molecular complexity index is 1720. The minimum absolute atomic E-state index is 0.0234. The van der Waals surface area contributed by atoms with Crippen LogP contribution < -0.4 is 20.7 Å². The Labute approximate surface area is 298 Å². The van der Waals surface area contributed by atoms with Crippen LogP contribution in [0, 0.1) is 12.8 Å². The van der Waals surface area contributed by atoms with Crippen molar-refractivity contribution in [3.05, 3.63) is 78.9 Å². The molecule has 4 radical (unpaired) electrons. The summed E-state index contributed by atoms with van der Waals surface area (Å²) in [4.78, 5) is 32.0. The summed E-state index contributed by atoms with van der Waals surface area (Å²) in [5.74, 6) is 0.0107. The van der Waals surface area contributed by atoms with Gasteiger partial charge in [0.2, 0.25) is 5.91 Å². The van der Waals surface area contributed by atoms with Crippen LogP contribution in [0.25, 0.3) is 11.1 Å². The number of carbonyl (C=O) groups excluding carboxylic acids is 2. The van der Waals surface area contributed by atoms with Crippen molar-refractivity contribution in [2.75, 3.05) is 44.9 Å². The first-order chi connectivity index (χ1) is 23.9. The van der Waals surface area contributed by atoms with E-state index in [-0.39, 0.29) is 23.3 Å². The lowest BCUT2D eigenvalue weighted by Gasteiger charge is -2.27. The number of aromatic nitrogens is 3. The highest BCUT2D eigenvalue weighted by atomic mass is 16.5. The summed E-state index contributed by atoms with van der Waals surface area (Å²) >= 11 is 0. The van der Waals surface area contributed by atoms with Gasteiger partial charge in [0.05, 0.1) is 34.2 Å². The summed E-state index contributed by atoms with van der Waals surface area (Å²) in [7, 11) is 18.0. The third-order valence-corrected chi connectivity index (χ3v) is 8.36. The number of nitrogens with one attached hydrogen (secondary N) is 3. The summed E-state index contributed by atoms with van der Waals surface area (Å²) < 4.78 is 8.05. The first-order valence-electron chi connectivity index (χ1n) is 17.0. The lowest BCUT2D eigenvalue weighted by molar-refractivity contribution is -0.497. The predicted molar refractivity (Wildman–Crippen MR) is 202 cm³/mol. The zero-order valence-electron chi connectivity index (χ0n) is 29.8. The quantitative estimate of drug-likeness (QED) is 0.162. The van der Waals surface area contributed by atoms with Crippen molar-refractivity contribution in [1.29, 1.82) is 0 Å². The van der Waals surface area contributed by atoms with Crippen LogP contribution in [0.2, 0.25) is 0 Å². The van der Waals surface area contributed by atoms with Crippen molar-refractivity contribution in [2.24, 2.45) is 5.92 Å². The van der Waals surface area contributed by atoms with Gasteiger partial charge in [-0.2, -0.15) is 0 Å². The van der Waals surface area contributed by atoms with Gasteiger partial charge in [-0.1, -0.05) is 50.6 Å². The van der Waals surface area contributed by atoms with E-state index in [9.17, 15) is 9.59 Å². The van der Waals surface area contributed by atoms with Crippen LogP contribution in [0.5, 0.6) is 5.75 Å². The van der Waals surface area contributed by atoms with E-state index in [4.69, 9.17) is 20.4 Å². The van der Waals surface area contributed by atoms with Crippen molar-refractivity contribution >= 4 is 50.4 Å². The van der Waals surface area contributed by atoms with Gasteiger partial charge in [0.25, 0.3) is 5.91 Å². The Balaban J connectivity index is 0.000000396. The summed E-state index contributed by atoms with van der Waals surface area (Å²) in [5, 5.41) is 15.4. The number of para-hydroxylation sites is 1. The van der Waals surface area contributed by atoms with Crippen LogP contribution in [0.15, 0.2) is 67.5 Å². The first-order valence-corrected chi connectivity index (χ1v) is 17.0. The minimum Gasteiger partial charge on any atom is -0.494 e. The van der Waals surface area contributed by atoms with E-state index in [1.807, 2.05) is 57.4 Å². The number of anilines is 3. The van der Waals surface area contributed by atoms with E-state index in [0.29, 0.717) is 23.5 Å². The van der Waals surface area contributed by atoms with Gasteiger partial charge in [-0.25, -0.2) is 4.58 Å². The maximum atomic E-state index is 13.2. The molecule has 1 aliphatic carbocycles. The first kappa shape index (κ1) is 37.9. The molecule has 258 valence electrons. The van der Waals surface area contributed by atoms with Gasteiger partial charge in [0, 0.05) is 54.5 Å². The van der Waals surface area contributed by atoms with E-state index in [1.165, 1.54) is 5.71 Å². The van der Waals surface area contributed by atoms with Crippen LogP contribution in [-0.2, 0) is 4.79 Å². The molecular formula is C37H47B2N8O3+. The van der Waals surface area contributed by atoms with Crippen LogP contribution in [0.3, 0.4) is 0 Å². The van der Waals surface area contributed by atoms with E-state index in [2.05, 4.69) is 66.4 Å². The highest BCUT2D eigenvalue weighted by molar-refractivity contribution is 6.41. The van der Waals surface area contributed by atoms with Crippen molar-refractivity contribution in [3.8, 4) is 16.9 Å². The SMILES string of the molecule is C=CN(C)CC1=[N+](C)CCC=C1.[B]C([B])(CCCC)NC(=O)c1nnc(NC(=O)C2CC2)cc1Nc1cccc(-c2ccc(C)nc2)c1OC. The van der Waals surface area contributed by atoms with E-state index in [0.717, 1.165) is 62.0 Å². The highest BCUT2D eigenvalue weighted by Crippen LogP contribution is 2.38. The topological polar surface area (TPSA) is 124 Å². The van der Waals surface area contributed by atoms with Crippen molar-refractivity contribution in [2.45, 2.75) is 57.7 Å². The standard InChI is InChI=1S/C27H30B2N6O3.C10H17N2/c1-4-5-13-27(28,29)33-26(37)23-21(14-22(34-35-23)32-25(36)17-11-12-17)31-20-8-6-7-19(24(20)38-3)18-10-9-16(2)30-15-18;1-4-11(2)9-10-7-5-6-8-12(10)3/h6-10,14-15,17H,4-5,11-13H2,1-3H3,(H,33,37)(H2,31,32,34,36);4-5,7H,1,6,8-9H2,2-3H3/q;+1. The molecule has 5 rings (SSSR count). The summed E-state index contributed by atoms with van der Waals surface area (Å²) in [6, 6.07) is 11.0. The number of pyridine rings is 1. The zero-order chi connectivity index (χ0) is 36.3. The van der Waals surface area contributed by atoms with Gasteiger partial charge in [0.15, 0.2) is 17.2 Å². The molecule has 2 aliphatic rings. The average molecular weight is 673 g/mol. The van der Waals surface area contributed by atoms with Gasteiger partial charge in [0.1, 0.15) is 25.9 Å². The Hall–Kier alpha value is -4.93. The second-order valence-corrected chi connectivity index (χ2v) is 12.8. The molecule has 11 nitrogen and oxygen atoms in total. The maximum Gasteiger partial charge on any atom is 0.273 e. The molecule has 1 aromatic carbocycles. The molecule has 0 spiro atoms. The van der Waals surface area contributed by atoms with Gasteiger partial charge in [-0.05, 0) is 49.9 Å². The third-order valence-electron chi connectivity index (χ3n) is 8.36. The molecule has 2 aromatic heterocycles. The Morgan fingerprint density at radius 1 is 1.18 bits per heavy atom. The maximum absolute atomic E-state index is 13.2. The number of hydrogen-bond donors (Lipinski definition) is 3. The normalized spacial score (nSPS) is 13.9. The summed E-state index contributed by atoms with van der Waals surface area (Å²) in [6.07, 6.45) is 12.9. The lowest BCUT2D eigenvalue weighted by atomic mass is 9.59. The number of methoxy groups -OCH3 is 1.